The molecule has 0 amide bonds. The van der Waals surface area contributed by atoms with Crippen LogP contribution in [0.4, 0.5) is 0 Å². The first-order valence-corrected chi connectivity index (χ1v) is 7.00. The maximum Gasteiger partial charge on any atom is 0.126 e. The highest BCUT2D eigenvalue weighted by Crippen LogP contribution is 2.48. The van der Waals surface area contributed by atoms with Gasteiger partial charge in [0.15, 0.2) is 0 Å². The first-order chi connectivity index (χ1) is 8.23. The van der Waals surface area contributed by atoms with E-state index in [1.54, 1.807) is 0 Å². The molecule has 1 aromatic heterocycles. The number of imidazole rings is 1. The maximum atomic E-state index is 6.54. The molecule has 1 atom stereocenters. The third kappa shape index (κ3) is 2.25. The summed E-state index contributed by atoms with van der Waals surface area (Å²) in [5.74, 6) is 1.09. The largest absolute Gasteiger partial charge is 0.334 e. The fraction of sp³-hybridized carbons (Fsp3) is 0.786. The number of hydrogen-bond acceptors (Lipinski definition) is 2. The summed E-state index contributed by atoms with van der Waals surface area (Å²) in [4.78, 5) is 4.51. The van der Waals surface area contributed by atoms with Crippen LogP contribution in [0, 0.1) is 5.41 Å². The van der Waals surface area contributed by atoms with E-state index >= 15 is 0 Å². The van der Waals surface area contributed by atoms with Crippen LogP contribution in [0.25, 0.3) is 0 Å². The normalized spacial score (nSPS) is 20.6. The quantitative estimate of drug-likeness (QED) is 0.851. The molecule has 0 aliphatic heterocycles. The smallest absolute Gasteiger partial charge is 0.126 e. The lowest BCUT2D eigenvalue weighted by molar-refractivity contribution is 0.210. The van der Waals surface area contributed by atoms with E-state index in [0.29, 0.717) is 5.41 Å². The molecule has 1 aromatic rings. The molecule has 0 radical (unpaired) electrons. The lowest BCUT2D eigenvalue weighted by Crippen LogP contribution is -2.34. The van der Waals surface area contributed by atoms with Crippen LogP contribution >= 0.6 is 0 Å². The number of nitrogens with two attached hydrogens (primary N) is 1. The lowest BCUT2D eigenvalue weighted by Gasteiger charge is -2.34. The van der Waals surface area contributed by atoms with Gasteiger partial charge in [-0.25, -0.2) is 4.98 Å². The molecule has 0 saturated heterocycles. The van der Waals surface area contributed by atoms with E-state index in [0.717, 1.165) is 18.8 Å². The molecule has 3 nitrogen and oxygen atoms in total. The van der Waals surface area contributed by atoms with Crippen molar-refractivity contribution >= 4 is 0 Å². The highest BCUT2D eigenvalue weighted by atomic mass is 15.1. The minimum Gasteiger partial charge on any atom is -0.334 e. The zero-order valence-corrected chi connectivity index (χ0v) is 11.2. The third-order valence-corrected chi connectivity index (χ3v) is 4.45. The average Bonchev–Trinajstić information content (AvgIpc) is 2.97. The molecule has 1 aliphatic rings. The zero-order chi connectivity index (χ0) is 12.3. The number of aromatic nitrogens is 2. The van der Waals surface area contributed by atoms with Gasteiger partial charge in [0.25, 0.3) is 0 Å². The summed E-state index contributed by atoms with van der Waals surface area (Å²) in [7, 11) is 0. The Morgan fingerprint density at radius 2 is 2.12 bits per heavy atom. The van der Waals surface area contributed by atoms with Crippen LogP contribution in [0.3, 0.4) is 0 Å². The molecule has 1 fully saturated rings. The molecule has 2 rings (SSSR count). The fourth-order valence-corrected chi connectivity index (χ4v) is 3.27. The Morgan fingerprint density at radius 1 is 1.41 bits per heavy atom. The Morgan fingerprint density at radius 3 is 2.71 bits per heavy atom. The molecule has 0 bridgehead atoms. The molecule has 0 spiro atoms. The number of nitrogens with zero attached hydrogens (tertiary/aromatic N) is 2. The first-order valence-electron chi connectivity index (χ1n) is 7.00. The van der Waals surface area contributed by atoms with Gasteiger partial charge in [-0.3, -0.25) is 0 Å². The molecule has 0 aromatic carbocycles. The molecule has 1 aliphatic carbocycles. The molecular formula is C14H25N3. The van der Waals surface area contributed by atoms with Crippen molar-refractivity contribution in [2.45, 2.75) is 65.0 Å². The molecule has 3 heteroatoms. The van der Waals surface area contributed by atoms with E-state index in [1.807, 2.05) is 6.20 Å². The van der Waals surface area contributed by atoms with E-state index in [-0.39, 0.29) is 6.04 Å². The van der Waals surface area contributed by atoms with Crippen LogP contribution in [0.15, 0.2) is 12.4 Å². The molecule has 2 N–H and O–H groups in total. The van der Waals surface area contributed by atoms with Gasteiger partial charge in [-0.15, -0.1) is 0 Å². The summed E-state index contributed by atoms with van der Waals surface area (Å²) in [6, 6.07) is 0.108. The minimum atomic E-state index is 0.108. The molecule has 17 heavy (non-hydrogen) atoms. The van der Waals surface area contributed by atoms with E-state index in [9.17, 15) is 0 Å². The van der Waals surface area contributed by atoms with Crippen molar-refractivity contribution in [3.63, 3.8) is 0 Å². The van der Waals surface area contributed by atoms with Crippen LogP contribution in [0.1, 0.15) is 64.2 Å². The van der Waals surface area contributed by atoms with Gasteiger partial charge in [-0.05, 0) is 31.1 Å². The Labute approximate surface area is 104 Å². The van der Waals surface area contributed by atoms with E-state index in [2.05, 4.69) is 29.6 Å². The number of rotatable bonds is 5. The SMILES string of the molecule is CCCn1ccnc1C(N)C1(CC)CCCC1. The van der Waals surface area contributed by atoms with Crippen molar-refractivity contribution in [2.75, 3.05) is 0 Å². The second kappa shape index (κ2) is 5.21. The van der Waals surface area contributed by atoms with Gasteiger partial charge in [0, 0.05) is 18.9 Å². The predicted octanol–water partition coefficient (Wildman–Crippen LogP) is 3.26. The van der Waals surface area contributed by atoms with Gasteiger partial charge in [-0.1, -0.05) is 26.7 Å². The molecule has 96 valence electrons. The highest BCUT2D eigenvalue weighted by molar-refractivity contribution is 5.06. The molecule has 1 heterocycles. The van der Waals surface area contributed by atoms with Gasteiger partial charge >= 0.3 is 0 Å². The number of aryl methyl sites for hydroxylation is 1. The minimum absolute atomic E-state index is 0.108. The fourth-order valence-electron chi connectivity index (χ4n) is 3.27. The summed E-state index contributed by atoms with van der Waals surface area (Å²) >= 11 is 0. The van der Waals surface area contributed by atoms with Gasteiger partial charge in [0.1, 0.15) is 5.82 Å². The van der Waals surface area contributed by atoms with Gasteiger partial charge in [0.2, 0.25) is 0 Å². The molecule has 1 saturated carbocycles. The van der Waals surface area contributed by atoms with Crippen molar-refractivity contribution in [3.05, 3.63) is 18.2 Å². The summed E-state index contributed by atoms with van der Waals surface area (Å²) in [6.07, 6.45) is 11.5. The monoisotopic (exact) mass is 235 g/mol. The van der Waals surface area contributed by atoms with Crippen molar-refractivity contribution in [1.82, 2.24) is 9.55 Å². The Bertz CT molecular complexity index is 350. The Kier molecular flexibility index (Phi) is 3.87. The Balaban J connectivity index is 2.22. The first kappa shape index (κ1) is 12.6. The second-order valence-corrected chi connectivity index (χ2v) is 5.38. The van der Waals surface area contributed by atoms with Crippen molar-refractivity contribution in [1.29, 1.82) is 0 Å². The second-order valence-electron chi connectivity index (χ2n) is 5.38. The highest BCUT2D eigenvalue weighted by Gasteiger charge is 2.40. The zero-order valence-electron chi connectivity index (χ0n) is 11.2. The third-order valence-electron chi connectivity index (χ3n) is 4.45. The summed E-state index contributed by atoms with van der Waals surface area (Å²) in [5.41, 5.74) is 6.84. The van der Waals surface area contributed by atoms with Crippen LogP contribution in [-0.2, 0) is 6.54 Å². The van der Waals surface area contributed by atoms with Crippen LogP contribution in [0.5, 0.6) is 0 Å². The van der Waals surface area contributed by atoms with E-state index < -0.39 is 0 Å². The van der Waals surface area contributed by atoms with Crippen molar-refractivity contribution in [2.24, 2.45) is 11.1 Å². The summed E-state index contributed by atoms with van der Waals surface area (Å²) < 4.78 is 2.24. The van der Waals surface area contributed by atoms with Crippen LogP contribution in [-0.4, -0.2) is 9.55 Å². The van der Waals surface area contributed by atoms with Gasteiger partial charge in [0.05, 0.1) is 6.04 Å². The van der Waals surface area contributed by atoms with Crippen LogP contribution in [0.2, 0.25) is 0 Å². The van der Waals surface area contributed by atoms with E-state index in [1.165, 1.54) is 32.1 Å². The van der Waals surface area contributed by atoms with E-state index in [4.69, 9.17) is 5.73 Å². The average molecular weight is 235 g/mol. The molecular weight excluding hydrogens is 210 g/mol. The standard InChI is InChI=1S/C14H25N3/c1-3-10-17-11-9-16-13(17)12(15)14(4-2)7-5-6-8-14/h9,11-12H,3-8,10,15H2,1-2H3. The number of hydrogen-bond donors (Lipinski definition) is 1. The summed E-state index contributed by atoms with van der Waals surface area (Å²) in [6.45, 7) is 5.50. The van der Waals surface area contributed by atoms with Crippen molar-refractivity contribution in [3.8, 4) is 0 Å². The predicted molar refractivity (Wildman–Crippen MR) is 70.6 cm³/mol. The van der Waals surface area contributed by atoms with Gasteiger partial charge < -0.3 is 10.3 Å². The molecule has 1 unspecified atom stereocenters. The Hall–Kier alpha value is -0.830. The maximum absolute atomic E-state index is 6.54. The van der Waals surface area contributed by atoms with Crippen molar-refractivity contribution < 1.29 is 0 Å². The topological polar surface area (TPSA) is 43.8 Å². The summed E-state index contributed by atoms with van der Waals surface area (Å²) in [5, 5.41) is 0. The van der Waals surface area contributed by atoms with Crippen LogP contribution < -0.4 is 5.73 Å². The van der Waals surface area contributed by atoms with Gasteiger partial charge in [-0.2, -0.15) is 0 Å². The lowest BCUT2D eigenvalue weighted by atomic mass is 9.76.